The Morgan fingerprint density at radius 2 is 1.79 bits per heavy atom. The van der Waals surface area contributed by atoms with E-state index in [0.29, 0.717) is 19.7 Å². The minimum Gasteiger partial charge on any atom is -0.494 e. The maximum absolute atomic E-state index is 12.2. The summed E-state index contributed by atoms with van der Waals surface area (Å²) >= 11 is 5.79. The molecule has 0 bridgehead atoms. The second-order valence-corrected chi connectivity index (χ2v) is 8.00. The Balaban J connectivity index is 1.45. The van der Waals surface area contributed by atoms with Gasteiger partial charge in [0.2, 0.25) is 0 Å². The minimum absolute atomic E-state index is 0.0330. The van der Waals surface area contributed by atoms with Gasteiger partial charge in [0.25, 0.3) is 5.91 Å². The molecule has 9 N–H and O–H groups in total. The van der Waals surface area contributed by atoms with E-state index in [1.54, 1.807) is 0 Å². The number of nitrogens with two attached hydrogens (primary N) is 4. The average Bonchev–Trinajstić information content (AvgIpc) is 2.81. The van der Waals surface area contributed by atoms with E-state index in [0.717, 1.165) is 36.8 Å². The van der Waals surface area contributed by atoms with Crippen LogP contribution in [0.5, 0.6) is 5.75 Å². The molecule has 0 fully saturated rings. The summed E-state index contributed by atoms with van der Waals surface area (Å²) in [5.74, 6) is -0.0316. The number of nitrogen functional groups attached to an aromatic ring is 2. The number of fused-ring (bicyclic) bond motifs is 1. The molecular weight excluding hydrogens is 456 g/mol. The monoisotopic (exact) mass is 484 g/mol. The van der Waals surface area contributed by atoms with Crippen LogP contribution in [0.1, 0.15) is 35.3 Å². The molecule has 1 amide bonds. The highest BCUT2D eigenvalue weighted by Gasteiger charge is 2.16. The first kappa shape index (κ1) is 25.0. The summed E-state index contributed by atoms with van der Waals surface area (Å²) in [4.78, 5) is 24.0. The number of aliphatic imine (C=N–C) groups is 1. The third kappa shape index (κ3) is 6.93. The van der Waals surface area contributed by atoms with Gasteiger partial charge in [0.1, 0.15) is 5.75 Å². The molecule has 0 saturated heterocycles. The second-order valence-electron chi connectivity index (χ2n) is 7.65. The number of guanidine groups is 1. The van der Waals surface area contributed by atoms with Gasteiger partial charge in [-0.05, 0) is 60.7 Å². The maximum Gasteiger partial charge on any atom is 0.280 e. The lowest BCUT2D eigenvalue weighted by atomic mass is 10.0. The Morgan fingerprint density at radius 1 is 1.03 bits per heavy atom. The van der Waals surface area contributed by atoms with E-state index >= 15 is 0 Å². The van der Waals surface area contributed by atoms with E-state index in [-0.39, 0.29) is 28.4 Å². The van der Waals surface area contributed by atoms with Gasteiger partial charge in [-0.2, -0.15) is 0 Å². The molecule has 0 saturated carbocycles. The Hall–Kier alpha value is -3.63. The van der Waals surface area contributed by atoms with Gasteiger partial charge in [-0.15, -0.1) is 0 Å². The van der Waals surface area contributed by atoms with E-state index in [2.05, 4.69) is 44.5 Å². The van der Waals surface area contributed by atoms with Crippen LogP contribution in [0.15, 0.2) is 41.4 Å². The van der Waals surface area contributed by atoms with Crippen molar-refractivity contribution in [1.29, 1.82) is 0 Å². The molecule has 2 aromatic carbocycles. The summed E-state index contributed by atoms with van der Waals surface area (Å²) < 4.78 is 5.71. The zero-order valence-electron chi connectivity index (χ0n) is 18.8. The number of carbonyl (C=O) groups is 1. The third-order valence-electron chi connectivity index (χ3n) is 5.01. The van der Waals surface area contributed by atoms with Crippen molar-refractivity contribution in [3.8, 4) is 5.75 Å². The summed E-state index contributed by atoms with van der Waals surface area (Å²) in [6.45, 7) is 1.70. The van der Waals surface area contributed by atoms with Crippen molar-refractivity contribution in [2.75, 3.05) is 31.2 Å². The number of anilines is 2. The summed E-state index contributed by atoms with van der Waals surface area (Å²) in [7, 11) is 0. The van der Waals surface area contributed by atoms with Crippen LogP contribution in [-0.2, 0) is 6.42 Å². The van der Waals surface area contributed by atoms with Crippen molar-refractivity contribution < 1.29 is 9.53 Å². The Bertz CT molecular complexity index is 1190. The predicted molar refractivity (Wildman–Crippen MR) is 136 cm³/mol. The van der Waals surface area contributed by atoms with Crippen LogP contribution in [0.3, 0.4) is 0 Å². The Labute approximate surface area is 202 Å². The largest absolute Gasteiger partial charge is 0.494 e. The first-order chi connectivity index (χ1) is 16.4. The van der Waals surface area contributed by atoms with E-state index in [1.165, 1.54) is 10.9 Å². The fourth-order valence-corrected chi connectivity index (χ4v) is 3.38. The third-order valence-corrected chi connectivity index (χ3v) is 5.29. The normalized spacial score (nSPS) is 11.5. The highest BCUT2D eigenvalue weighted by Crippen LogP contribution is 2.23. The number of nitrogens with one attached hydrogen (secondary N) is 1. The van der Waals surface area contributed by atoms with Crippen molar-refractivity contribution in [1.82, 2.24) is 15.3 Å². The summed E-state index contributed by atoms with van der Waals surface area (Å²) in [5.41, 5.74) is 23.5. The molecule has 0 unspecified atom stereocenters. The number of ether oxygens (including phenoxy) is 1. The molecule has 10 nitrogen and oxygen atoms in total. The van der Waals surface area contributed by atoms with Gasteiger partial charge >= 0.3 is 0 Å². The highest BCUT2D eigenvalue weighted by molar-refractivity contribution is 6.31. The fraction of sp³-hybridized carbons (Fsp3) is 0.304. The topological polar surface area (TPSA) is 181 Å². The first-order valence-corrected chi connectivity index (χ1v) is 11.3. The van der Waals surface area contributed by atoms with Crippen LogP contribution < -0.4 is 33.0 Å². The number of amides is 1. The molecule has 11 heteroatoms. The summed E-state index contributed by atoms with van der Waals surface area (Å²) in [5, 5.41) is 4.61. The average molecular weight is 485 g/mol. The first-order valence-electron chi connectivity index (χ1n) is 10.9. The van der Waals surface area contributed by atoms with Crippen molar-refractivity contribution in [2.45, 2.75) is 25.7 Å². The molecule has 0 radical (unpaired) electrons. The maximum atomic E-state index is 12.2. The van der Waals surface area contributed by atoms with Gasteiger partial charge < -0.3 is 27.7 Å². The van der Waals surface area contributed by atoms with Gasteiger partial charge in [-0.3, -0.25) is 15.1 Å². The summed E-state index contributed by atoms with van der Waals surface area (Å²) in [6, 6.07) is 12.5. The lowest BCUT2D eigenvalue weighted by Crippen LogP contribution is -2.38. The zero-order chi connectivity index (χ0) is 24.5. The van der Waals surface area contributed by atoms with Crippen LogP contribution in [0.25, 0.3) is 10.8 Å². The zero-order valence-corrected chi connectivity index (χ0v) is 19.5. The molecule has 0 aliphatic carbocycles. The lowest BCUT2D eigenvalue weighted by molar-refractivity contribution is 0.0972. The lowest BCUT2D eigenvalue weighted by Gasteiger charge is -2.08. The van der Waals surface area contributed by atoms with Crippen LogP contribution in [-0.4, -0.2) is 41.5 Å². The van der Waals surface area contributed by atoms with E-state index in [9.17, 15) is 4.79 Å². The number of benzene rings is 2. The second kappa shape index (κ2) is 12.0. The molecule has 34 heavy (non-hydrogen) atoms. The number of nitrogens with zero attached hydrogens (tertiary/aromatic N) is 3. The SMILES string of the molecule is NCCCOc1ccc2cc(CCCCN=C(N)NC(=O)c3nc(Cl)c(N)nc3N)ccc2c1. The standard InChI is InChI=1S/C23H29ClN8O2/c24-19-21(27)31-20(26)18(30-19)22(33)32-23(28)29-10-2-1-4-14-5-6-16-13-17(34-11-3-9-25)8-7-15(16)12-14/h5-8,12-13H,1-4,9-11,25H2,(H4,26,27,31)(H3,28,29,32,33). The van der Waals surface area contributed by atoms with Crippen molar-refractivity contribution in [3.63, 3.8) is 0 Å². The van der Waals surface area contributed by atoms with Crippen LogP contribution in [0.4, 0.5) is 11.6 Å². The van der Waals surface area contributed by atoms with Gasteiger partial charge in [-0.1, -0.05) is 35.9 Å². The number of hydrogen-bond acceptors (Lipinski definition) is 8. The smallest absolute Gasteiger partial charge is 0.280 e. The molecule has 0 aliphatic rings. The molecule has 3 aromatic rings. The van der Waals surface area contributed by atoms with Crippen LogP contribution in [0.2, 0.25) is 5.15 Å². The van der Waals surface area contributed by atoms with Gasteiger partial charge in [0, 0.05) is 6.54 Å². The molecule has 1 aromatic heterocycles. The molecule has 0 aliphatic heterocycles. The number of carbonyl (C=O) groups excluding carboxylic acids is 1. The molecule has 1 heterocycles. The number of halogens is 1. The molecule has 0 atom stereocenters. The predicted octanol–water partition coefficient (Wildman–Crippen LogP) is 2.24. The van der Waals surface area contributed by atoms with Crippen molar-refractivity contribution in [3.05, 3.63) is 52.8 Å². The van der Waals surface area contributed by atoms with Gasteiger partial charge in [-0.25, -0.2) is 9.97 Å². The number of hydrogen-bond donors (Lipinski definition) is 5. The fourth-order valence-electron chi connectivity index (χ4n) is 3.26. The number of aromatic nitrogens is 2. The van der Waals surface area contributed by atoms with Gasteiger partial charge in [0.05, 0.1) is 6.61 Å². The number of aryl methyl sites for hydroxylation is 1. The molecule has 180 valence electrons. The molecule has 3 rings (SSSR count). The molecule has 0 spiro atoms. The Kier molecular flexibility index (Phi) is 8.83. The van der Waals surface area contributed by atoms with E-state index in [4.69, 9.17) is 39.3 Å². The van der Waals surface area contributed by atoms with Crippen LogP contribution in [0, 0.1) is 0 Å². The van der Waals surface area contributed by atoms with E-state index < -0.39 is 5.91 Å². The number of rotatable bonds is 10. The highest BCUT2D eigenvalue weighted by atomic mass is 35.5. The molecular formula is C23H29ClN8O2. The van der Waals surface area contributed by atoms with Crippen molar-refractivity contribution >= 4 is 45.9 Å². The Morgan fingerprint density at radius 3 is 2.59 bits per heavy atom. The minimum atomic E-state index is -0.655. The quantitative estimate of drug-likeness (QED) is 0.165. The van der Waals surface area contributed by atoms with Crippen molar-refractivity contribution in [2.24, 2.45) is 16.5 Å². The number of unbranched alkanes of at least 4 members (excludes halogenated alkanes) is 1. The van der Waals surface area contributed by atoms with Crippen LogP contribution >= 0.6 is 11.6 Å². The van der Waals surface area contributed by atoms with Gasteiger partial charge in [0.15, 0.2) is 28.4 Å². The summed E-state index contributed by atoms with van der Waals surface area (Å²) in [6.07, 6.45) is 3.46. The van der Waals surface area contributed by atoms with E-state index in [1.807, 2.05) is 12.1 Å².